The SMILES string of the molecule is Cn1cc(C(=O)NCC2CCN(c3cnn(C)c(=O)c3Br)CC2)cn1. The molecule has 134 valence electrons. The highest BCUT2D eigenvalue weighted by molar-refractivity contribution is 9.10. The minimum atomic E-state index is -0.136. The molecule has 0 bridgehead atoms. The molecule has 0 spiro atoms. The van der Waals surface area contributed by atoms with Crippen LogP contribution in [0.2, 0.25) is 0 Å². The largest absolute Gasteiger partial charge is 0.369 e. The van der Waals surface area contributed by atoms with Crippen molar-refractivity contribution in [1.82, 2.24) is 24.9 Å². The highest BCUT2D eigenvalue weighted by atomic mass is 79.9. The number of nitrogens with zero attached hydrogens (tertiary/aromatic N) is 5. The Bertz CT molecular complexity index is 822. The Morgan fingerprint density at radius 3 is 2.64 bits per heavy atom. The second kappa shape index (κ2) is 7.38. The zero-order valence-electron chi connectivity index (χ0n) is 14.3. The van der Waals surface area contributed by atoms with Crippen molar-refractivity contribution in [3.05, 3.63) is 39.0 Å². The lowest BCUT2D eigenvalue weighted by molar-refractivity contribution is 0.0945. The van der Waals surface area contributed by atoms with Crippen LogP contribution in [0.1, 0.15) is 23.2 Å². The predicted octanol–water partition coefficient (Wildman–Crippen LogP) is 0.923. The fraction of sp³-hybridized carbons (Fsp3) is 0.500. The molecule has 8 nitrogen and oxygen atoms in total. The number of amides is 1. The first-order valence-corrected chi connectivity index (χ1v) is 8.98. The lowest BCUT2D eigenvalue weighted by Crippen LogP contribution is -2.39. The van der Waals surface area contributed by atoms with Gasteiger partial charge < -0.3 is 10.2 Å². The molecule has 0 aliphatic carbocycles. The van der Waals surface area contributed by atoms with Crippen molar-refractivity contribution in [3.63, 3.8) is 0 Å². The van der Waals surface area contributed by atoms with Crippen LogP contribution < -0.4 is 15.8 Å². The van der Waals surface area contributed by atoms with Crippen LogP contribution in [0.5, 0.6) is 0 Å². The number of nitrogens with one attached hydrogen (secondary N) is 1. The summed E-state index contributed by atoms with van der Waals surface area (Å²) < 4.78 is 3.48. The van der Waals surface area contributed by atoms with Gasteiger partial charge >= 0.3 is 0 Å². The fourth-order valence-corrected chi connectivity index (χ4v) is 3.59. The van der Waals surface area contributed by atoms with Gasteiger partial charge in [0.1, 0.15) is 4.47 Å². The maximum atomic E-state index is 12.1. The van der Waals surface area contributed by atoms with Crippen LogP contribution in [0.3, 0.4) is 0 Å². The summed E-state index contributed by atoms with van der Waals surface area (Å²) in [4.78, 5) is 26.2. The van der Waals surface area contributed by atoms with Crippen LogP contribution in [0.15, 0.2) is 27.9 Å². The summed E-state index contributed by atoms with van der Waals surface area (Å²) in [5.41, 5.74) is 1.28. The van der Waals surface area contributed by atoms with Gasteiger partial charge in [0.2, 0.25) is 0 Å². The average Bonchev–Trinajstić information content (AvgIpc) is 3.05. The van der Waals surface area contributed by atoms with Crippen molar-refractivity contribution in [2.75, 3.05) is 24.5 Å². The number of halogens is 1. The van der Waals surface area contributed by atoms with Crippen LogP contribution in [0.25, 0.3) is 0 Å². The number of carbonyl (C=O) groups excluding carboxylic acids is 1. The van der Waals surface area contributed by atoms with E-state index in [0.29, 0.717) is 22.5 Å². The van der Waals surface area contributed by atoms with Crippen molar-refractivity contribution >= 4 is 27.5 Å². The van der Waals surface area contributed by atoms with E-state index in [1.54, 1.807) is 37.4 Å². The van der Waals surface area contributed by atoms with Gasteiger partial charge in [-0.15, -0.1) is 0 Å². The van der Waals surface area contributed by atoms with Crippen LogP contribution in [-0.4, -0.2) is 45.1 Å². The van der Waals surface area contributed by atoms with Crippen molar-refractivity contribution < 1.29 is 4.79 Å². The van der Waals surface area contributed by atoms with Crippen molar-refractivity contribution in [2.45, 2.75) is 12.8 Å². The average molecular weight is 409 g/mol. The second-order valence-corrected chi connectivity index (χ2v) is 7.11. The van der Waals surface area contributed by atoms with Gasteiger partial charge in [-0.25, -0.2) is 4.68 Å². The Morgan fingerprint density at radius 2 is 2.00 bits per heavy atom. The summed E-state index contributed by atoms with van der Waals surface area (Å²) in [6, 6.07) is 0. The van der Waals surface area contributed by atoms with Crippen LogP contribution in [0, 0.1) is 5.92 Å². The van der Waals surface area contributed by atoms with Crippen LogP contribution in [-0.2, 0) is 14.1 Å². The third-order valence-corrected chi connectivity index (χ3v) is 5.28. The Hall–Kier alpha value is -2.16. The zero-order chi connectivity index (χ0) is 18.0. The maximum Gasteiger partial charge on any atom is 0.282 e. The molecule has 0 radical (unpaired) electrons. The molecule has 2 aromatic rings. The summed E-state index contributed by atoms with van der Waals surface area (Å²) in [6.45, 7) is 2.32. The number of hydrogen-bond acceptors (Lipinski definition) is 5. The molecule has 0 saturated carbocycles. The number of piperidine rings is 1. The van der Waals surface area contributed by atoms with Crippen LogP contribution in [0.4, 0.5) is 5.69 Å². The molecule has 1 N–H and O–H groups in total. The first-order valence-electron chi connectivity index (χ1n) is 8.19. The van der Waals surface area contributed by atoms with Crippen molar-refractivity contribution in [2.24, 2.45) is 20.0 Å². The molecule has 3 heterocycles. The molecule has 1 fully saturated rings. The molecule has 25 heavy (non-hydrogen) atoms. The number of aromatic nitrogens is 4. The van der Waals surface area contributed by atoms with Crippen molar-refractivity contribution in [3.8, 4) is 0 Å². The summed E-state index contributed by atoms with van der Waals surface area (Å²) in [5.74, 6) is 0.337. The Balaban J connectivity index is 1.53. The molecule has 0 atom stereocenters. The highest BCUT2D eigenvalue weighted by Crippen LogP contribution is 2.26. The van der Waals surface area contributed by atoms with E-state index >= 15 is 0 Å². The van der Waals surface area contributed by atoms with Gasteiger partial charge in [0.15, 0.2) is 0 Å². The normalized spacial score (nSPS) is 15.4. The first-order chi connectivity index (χ1) is 12.0. The van der Waals surface area contributed by atoms with E-state index in [-0.39, 0.29) is 11.5 Å². The smallest absolute Gasteiger partial charge is 0.282 e. The lowest BCUT2D eigenvalue weighted by atomic mass is 9.96. The number of carbonyl (C=O) groups is 1. The first kappa shape index (κ1) is 17.7. The monoisotopic (exact) mass is 408 g/mol. The van der Waals surface area contributed by atoms with Crippen molar-refractivity contribution in [1.29, 1.82) is 0 Å². The van der Waals surface area contributed by atoms with E-state index in [0.717, 1.165) is 31.6 Å². The summed E-state index contributed by atoms with van der Waals surface area (Å²) in [6.07, 6.45) is 6.90. The second-order valence-electron chi connectivity index (χ2n) is 6.32. The lowest BCUT2D eigenvalue weighted by Gasteiger charge is -2.33. The highest BCUT2D eigenvalue weighted by Gasteiger charge is 2.23. The van der Waals surface area contributed by atoms with E-state index in [2.05, 4.69) is 36.3 Å². The van der Waals surface area contributed by atoms with Gasteiger partial charge in [-0.1, -0.05) is 0 Å². The van der Waals surface area contributed by atoms with Gasteiger partial charge in [-0.2, -0.15) is 10.2 Å². The van der Waals surface area contributed by atoms with Gasteiger partial charge in [-0.05, 0) is 34.7 Å². The zero-order valence-corrected chi connectivity index (χ0v) is 15.9. The van der Waals surface area contributed by atoms with E-state index in [4.69, 9.17) is 0 Å². The van der Waals surface area contributed by atoms with Gasteiger partial charge in [0.05, 0.1) is 23.6 Å². The molecule has 9 heteroatoms. The third-order valence-electron chi connectivity index (χ3n) is 4.53. The van der Waals surface area contributed by atoms with Gasteiger partial charge in [0.25, 0.3) is 11.5 Å². The Kier molecular flexibility index (Phi) is 5.22. The quantitative estimate of drug-likeness (QED) is 0.812. The predicted molar refractivity (Wildman–Crippen MR) is 97.7 cm³/mol. The molecule has 2 aromatic heterocycles. The van der Waals surface area contributed by atoms with Crippen LogP contribution >= 0.6 is 15.9 Å². The standard InChI is InChI=1S/C16H21BrN6O2/c1-21-10-12(8-19-21)15(24)18-7-11-3-5-23(6-4-11)13-9-20-22(2)16(25)14(13)17/h8-11H,3-7H2,1-2H3,(H,18,24). The molecule has 1 aliphatic heterocycles. The molecular weight excluding hydrogens is 388 g/mol. The van der Waals surface area contributed by atoms with Gasteiger partial charge in [-0.3, -0.25) is 14.3 Å². The van der Waals surface area contributed by atoms with E-state index in [1.807, 2.05) is 0 Å². The third kappa shape index (κ3) is 3.92. The number of rotatable bonds is 4. The molecule has 0 aromatic carbocycles. The number of aryl methyl sites for hydroxylation is 2. The van der Waals surface area contributed by atoms with E-state index in [9.17, 15) is 9.59 Å². The summed E-state index contributed by atoms with van der Waals surface area (Å²) in [5, 5.41) is 11.1. The number of hydrogen-bond donors (Lipinski definition) is 1. The molecule has 1 amide bonds. The fourth-order valence-electron chi connectivity index (χ4n) is 2.98. The maximum absolute atomic E-state index is 12.1. The minimum Gasteiger partial charge on any atom is -0.369 e. The number of anilines is 1. The molecule has 3 rings (SSSR count). The summed E-state index contributed by atoms with van der Waals surface area (Å²) in [7, 11) is 3.42. The molecule has 0 unspecified atom stereocenters. The Labute approximate surface area is 153 Å². The van der Waals surface area contributed by atoms with E-state index < -0.39 is 0 Å². The molecule has 1 aliphatic rings. The van der Waals surface area contributed by atoms with E-state index in [1.165, 1.54) is 4.68 Å². The molecule has 1 saturated heterocycles. The molecular formula is C16H21BrN6O2. The van der Waals surface area contributed by atoms with Gasteiger partial charge in [0, 0.05) is 39.9 Å². The minimum absolute atomic E-state index is 0.0889. The summed E-state index contributed by atoms with van der Waals surface area (Å²) >= 11 is 3.38. The topological polar surface area (TPSA) is 85.0 Å². The Morgan fingerprint density at radius 1 is 1.28 bits per heavy atom.